The highest BCUT2D eigenvalue weighted by atomic mass is 16.6. The Labute approximate surface area is 226 Å². The Balaban J connectivity index is 1.45. The summed E-state index contributed by atoms with van der Waals surface area (Å²) in [6, 6.07) is 18.3. The molecular formula is C29H34N7O3+. The number of benzene rings is 2. The second kappa shape index (κ2) is 10.7. The molecular weight excluding hydrogens is 494 g/mol. The number of nitrogens with one attached hydrogen (secondary N) is 1. The number of morpholine rings is 1. The van der Waals surface area contributed by atoms with Crippen LogP contribution in [-0.4, -0.2) is 63.2 Å². The standard InChI is InChI=1S/C29H33N7O3/c1-29(2,3)39-28(37)35-11-12-38-25(17-35)24-14-22(26(33-24)27(31)32-18-30)20-9-10-21-16-36(34-23(21)13-20)15-19-7-5-4-6-8-19/h4-10,13-14,16,18,25,33H,11-12,15,17H2,1-3H3,(H3,30,31,32)/p+1. The number of nitrogens with two attached hydrogens (primary N) is 2. The maximum Gasteiger partial charge on any atom is 0.410 e. The molecule has 1 fully saturated rings. The molecule has 0 radical (unpaired) electrons. The number of hydrogen-bond donors (Lipinski definition) is 3. The highest BCUT2D eigenvalue weighted by molar-refractivity contribution is 6.05. The van der Waals surface area contributed by atoms with Gasteiger partial charge in [-0.05, 0) is 49.0 Å². The zero-order valence-corrected chi connectivity index (χ0v) is 22.4. The Kier molecular flexibility index (Phi) is 7.21. The summed E-state index contributed by atoms with van der Waals surface area (Å²) in [5.41, 5.74) is 10.9. The van der Waals surface area contributed by atoms with Crippen molar-refractivity contribution in [3.63, 3.8) is 0 Å². The van der Waals surface area contributed by atoms with Crippen molar-refractivity contribution >= 4 is 29.2 Å². The number of amides is 1. The number of H-pyrrole nitrogens is 1. The van der Waals surface area contributed by atoms with Gasteiger partial charge in [-0.15, -0.1) is 0 Å². The van der Waals surface area contributed by atoms with Crippen LogP contribution in [0.15, 0.2) is 65.8 Å². The van der Waals surface area contributed by atoms with E-state index in [9.17, 15) is 4.79 Å². The van der Waals surface area contributed by atoms with E-state index in [0.717, 1.165) is 34.1 Å². The highest BCUT2D eigenvalue weighted by Gasteiger charge is 2.31. The Morgan fingerprint density at radius 2 is 2.05 bits per heavy atom. The molecule has 0 saturated carbocycles. The van der Waals surface area contributed by atoms with Crippen molar-refractivity contribution in [1.29, 1.82) is 0 Å². The number of carbonyl (C=O) groups is 1. The molecule has 10 heteroatoms. The van der Waals surface area contributed by atoms with Gasteiger partial charge in [0.1, 0.15) is 17.4 Å². The van der Waals surface area contributed by atoms with Gasteiger partial charge in [-0.25, -0.2) is 4.79 Å². The van der Waals surface area contributed by atoms with Crippen molar-refractivity contribution in [1.82, 2.24) is 19.7 Å². The number of aromatic nitrogens is 3. The van der Waals surface area contributed by atoms with Gasteiger partial charge in [-0.2, -0.15) is 5.10 Å². The van der Waals surface area contributed by atoms with Crippen LogP contribution < -0.4 is 11.1 Å². The molecule has 1 saturated heterocycles. The quantitative estimate of drug-likeness (QED) is 0.261. The minimum atomic E-state index is -0.575. The van der Waals surface area contributed by atoms with E-state index >= 15 is 0 Å². The van der Waals surface area contributed by atoms with Crippen molar-refractivity contribution in [3.8, 4) is 11.1 Å². The summed E-state index contributed by atoms with van der Waals surface area (Å²) in [6.45, 7) is 7.43. The van der Waals surface area contributed by atoms with E-state index in [4.69, 9.17) is 25.7 Å². The van der Waals surface area contributed by atoms with Crippen LogP contribution in [0.1, 0.15) is 43.8 Å². The summed E-state index contributed by atoms with van der Waals surface area (Å²) in [4.78, 5) is 21.8. The maximum absolute atomic E-state index is 12.7. The fraction of sp³-hybridized carbons (Fsp3) is 0.310. The summed E-state index contributed by atoms with van der Waals surface area (Å²) in [5.74, 6) is 0.244. The van der Waals surface area contributed by atoms with Crippen LogP contribution in [0.2, 0.25) is 0 Å². The average molecular weight is 529 g/mol. The van der Waals surface area contributed by atoms with Crippen LogP contribution in [0.25, 0.3) is 22.0 Å². The molecule has 2 aromatic heterocycles. The molecule has 10 nitrogen and oxygen atoms in total. The van der Waals surface area contributed by atoms with Crippen LogP contribution in [-0.2, 0) is 16.0 Å². The first-order valence-corrected chi connectivity index (χ1v) is 12.9. The minimum Gasteiger partial charge on any atom is -0.444 e. The maximum atomic E-state index is 12.7. The molecule has 0 aliphatic carbocycles. The second-order valence-electron chi connectivity index (χ2n) is 10.5. The van der Waals surface area contributed by atoms with Gasteiger partial charge < -0.3 is 25.1 Å². The van der Waals surface area contributed by atoms with E-state index in [1.165, 1.54) is 5.56 Å². The second-order valence-corrected chi connectivity index (χ2v) is 10.5. The summed E-state index contributed by atoms with van der Waals surface area (Å²) in [5, 5.41) is 11.4. The van der Waals surface area contributed by atoms with Gasteiger partial charge in [0.05, 0.1) is 25.2 Å². The van der Waals surface area contributed by atoms with Crippen LogP contribution >= 0.6 is 0 Å². The number of aromatic amines is 1. The summed E-state index contributed by atoms with van der Waals surface area (Å²) in [7, 11) is 0. The average Bonchev–Trinajstić information content (AvgIpc) is 3.52. The zero-order chi connectivity index (χ0) is 27.6. The molecule has 3 heterocycles. The van der Waals surface area contributed by atoms with Crippen molar-refractivity contribution in [2.45, 2.75) is 39.0 Å². The van der Waals surface area contributed by atoms with Gasteiger partial charge in [0.2, 0.25) is 0 Å². The summed E-state index contributed by atoms with van der Waals surface area (Å²) in [6.07, 6.45) is 2.45. The predicted octanol–water partition coefficient (Wildman–Crippen LogP) is 2.88. The fourth-order valence-corrected chi connectivity index (χ4v) is 4.64. The molecule has 4 aromatic rings. The Bertz CT molecular complexity index is 1510. The molecule has 202 valence electrons. The first kappa shape index (κ1) is 26.2. The van der Waals surface area contributed by atoms with E-state index in [1.54, 1.807) is 4.90 Å². The number of nitrogens with zero attached hydrogens (tertiary/aromatic N) is 4. The lowest BCUT2D eigenvalue weighted by Gasteiger charge is -2.33. The predicted molar refractivity (Wildman–Crippen MR) is 150 cm³/mol. The molecule has 0 spiro atoms. The van der Waals surface area contributed by atoms with Gasteiger partial charge in [-0.3, -0.25) is 10.1 Å². The monoisotopic (exact) mass is 528 g/mol. The Hall–Kier alpha value is -4.44. The number of carbonyl (C=O) groups excluding carboxylic acids is 1. The molecule has 0 bridgehead atoms. The first-order chi connectivity index (χ1) is 18.7. The largest absolute Gasteiger partial charge is 0.444 e. The van der Waals surface area contributed by atoms with E-state index in [0.29, 0.717) is 31.9 Å². The minimum absolute atomic E-state index is 0.244. The third-order valence-corrected chi connectivity index (χ3v) is 6.43. The van der Waals surface area contributed by atoms with Gasteiger partial charge in [0, 0.05) is 29.4 Å². The van der Waals surface area contributed by atoms with Crippen molar-refractivity contribution < 1.29 is 19.7 Å². The SMILES string of the molecule is CC(C)(C)OC(=O)N1CCOC(c2cc(-c3ccc4cn(Cc5ccccc5)nc4c3)c(C(N)=NC=[NH2+])[nH]2)C1. The molecule has 5 N–H and O–H groups in total. The Morgan fingerprint density at radius 1 is 1.26 bits per heavy atom. The van der Waals surface area contributed by atoms with E-state index in [-0.39, 0.29) is 18.0 Å². The molecule has 2 aromatic carbocycles. The van der Waals surface area contributed by atoms with Crippen molar-refractivity contribution in [2.24, 2.45) is 10.7 Å². The number of rotatable bonds is 6. The first-order valence-electron chi connectivity index (χ1n) is 12.9. The number of amidine groups is 1. The number of aliphatic imine (C=N–C) groups is 1. The normalized spacial score (nSPS) is 16.4. The Morgan fingerprint density at radius 3 is 2.79 bits per heavy atom. The summed E-state index contributed by atoms with van der Waals surface area (Å²) < 4.78 is 13.5. The molecule has 1 amide bonds. The number of hydrogen-bond acceptors (Lipinski definition) is 4. The molecule has 1 atom stereocenters. The topological polar surface area (TPSA) is 136 Å². The van der Waals surface area contributed by atoms with Crippen LogP contribution in [0.5, 0.6) is 0 Å². The van der Waals surface area contributed by atoms with Gasteiger partial charge in [0.25, 0.3) is 12.2 Å². The fourth-order valence-electron chi connectivity index (χ4n) is 4.64. The molecule has 5 rings (SSSR count). The lowest BCUT2D eigenvalue weighted by Crippen LogP contribution is -2.44. The third-order valence-electron chi connectivity index (χ3n) is 6.43. The molecule has 1 unspecified atom stereocenters. The van der Waals surface area contributed by atoms with Gasteiger partial charge >= 0.3 is 6.09 Å². The van der Waals surface area contributed by atoms with Crippen LogP contribution in [0.4, 0.5) is 4.79 Å². The van der Waals surface area contributed by atoms with E-state index in [1.807, 2.05) is 74.1 Å². The van der Waals surface area contributed by atoms with Gasteiger partial charge in [0.15, 0.2) is 0 Å². The smallest absolute Gasteiger partial charge is 0.410 e. The van der Waals surface area contributed by atoms with Gasteiger partial charge in [-0.1, -0.05) is 42.5 Å². The highest BCUT2D eigenvalue weighted by Crippen LogP contribution is 2.32. The van der Waals surface area contributed by atoms with E-state index < -0.39 is 5.60 Å². The molecule has 1 aliphatic rings. The van der Waals surface area contributed by atoms with Crippen LogP contribution in [0, 0.1) is 0 Å². The van der Waals surface area contributed by atoms with Crippen LogP contribution in [0.3, 0.4) is 0 Å². The molecule has 1 aliphatic heterocycles. The van der Waals surface area contributed by atoms with E-state index in [2.05, 4.69) is 22.1 Å². The third kappa shape index (κ3) is 6.01. The molecule has 39 heavy (non-hydrogen) atoms. The zero-order valence-electron chi connectivity index (χ0n) is 22.4. The summed E-state index contributed by atoms with van der Waals surface area (Å²) >= 11 is 0. The lowest BCUT2D eigenvalue weighted by molar-refractivity contribution is -0.106. The number of fused-ring (bicyclic) bond motifs is 1. The lowest BCUT2D eigenvalue weighted by atomic mass is 10.0. The number of ether oxygens (including phenoxy) is 2. The van der Waals surface area contributed by atoms with Crippen molar-refractivity contribution in [2.75, 3.05) is 19.7 Å². The van der Waals surface area contributed by atoms with Crippen molar-refractivity contribution in [3.05, 3.63) is 77.7 Å².